The second-order valence-corrected chi connectivity index (χ2v) is 5.50. The van der Waals surface area contributed by atoms with Crippen molar-refractivity contribution < 1.29 is 0 Å². The van der Waals surface area contributed by atoms with E-state index in [9.17, 15) is 0 Å². The number of benzene rings is 1. The maximum absolute atomic E-state index is 6.33. The van der Waals surface area contributed by atoms with Gasteiger partial charge in [-0.05, 0) is 31.0 Å². The Morgan fingerprint density at radius 1 is 1.41 bits per heavy atom. The Bertz CT molecular complexity index is 352. The smallest absolute Gasteiger partial charge is 0.0463 e. The molecule has 2 rings (SSSR count). The lowest BCUT2D eigenvalue weighted by Crippen LogP contribution is -2.53. The first-order valence-corrected chi connectivity index (χ1v) is 7.24. The first-order valence-electron chi connectivity index (χ1n) is 6.02. The van der Waals surface area contributed by atoms with Crippen LogP contribution in [0.15, 0.2) is 29.2 Å². The van der Waals surface area contributed by atoms with Gasteiger partial charge in [0.05, 0.1) is 0 Å². The van der Waals surface area contributed by atoms with Gasteiger partial charge in [-0.2, -0.15) is 0 Å². The molecule has 1 heterocycles. The maximum atomic E-state index is 6.33. The fourth-order valence-electron chi connectivity index (χ4n) is 2.23. The van der Waals surface area contributed by atoms with Gasteiger partial charge < -0.3 is 16.0 Å². The Kier molecular flexibility index (Phi) is 4.45. The van der Waals surface area contributed by atoms with E-state index in [1.807, 2.05) is 0 Å². The van der Waals surface area contributed by atoms with Gasteiger partial charge in [0.2, 0.25) is 0 Å². The Balaban J connectivity index is 2.04. The summed E-state index contributed by atoms with van der Waals surface area (Å²) in [6.07, 6.45) is 2.09. The second-order valence-electron chi connectivity index (χ2n) is 4.62. The van der Waals surface area contributed by atoms with E-state index in [1.54, 1.807) is 11.8 Å². The third kappa shape index (κ3) is 3.22. The van der Waals surface area contributed by atoms with Crippen molar-refractivity contribution in [2.24, 2.45) is 5.73 Å². The molecule has 0 saturated carbocycles. The van der Waals surface area contributed by atoms with Gasteiger partial charge in [-0.25, -0.2) is 0 Å². The third-order valence-corrected chi connectivity index (χ3v) is 4.09. The number of nitrogens with one attached hydrogen (secondary N) is 1. The quantitative estimate of drug-likeness (QED) is 0.795. The SMILES string of the molecule is CSc1ccc(C(N)C2CN(C)CCN2)cc1. The number of piperazine rings is 1. The van der Waals surface area contributed by atoms with Gasteiger partial charge >= 0.3 is 0 Å². The van der Waals surface area contributed by atoms with Gasteiger partial charge in [0.15, 0.2) is 0 Å². The van der Waals surface area contributed by atoms with E-state index in [2.05, 4.69) is 47.8 Å². The van der Waals surface area contributed by atoms with E-state index in [4.69, 9.17) is 5.73 Å². The minimum absolute atomic E-state index is 0.0775. The molecular formula is C13H21N3S. The summed E-state index contributed by atoms with van der Waals surface area (Å²) in [5.41, 5.74) is 7.55. The van der Waals surface area contributed by atoms with Crippen LogP contribution in [0, 0.1) is 0 Å². The van der Waals surface area contributed by atoms with Crippen LogP contribution in [0.4, 0.5) is 0 Å². The number of nitrogens with zero attached hydrogens (tertiary/aromatic N) is 1. The third-order valence-electron chi connectivity index (χ3n) is 3.34. The van der Waals surface area contributed by atoms with Crippen molar-refractivity contribution in [1.29, 1.82) is 0 Å². The maximum Gasteiger partial charge on any atom is 0.0463 e. The standard InChI is InChI=1S/C13H21N3S/c1-16-8-7-15-12(9-16)13(14)10-3-5-11(17-2)6-4-10/h3-6,12-13,15H,7-9,14H2,1-2H3. The van der Waals surface area contributed by atoms with Gasteiger partial charge in [-0.3, -0.25) is 0 Å². The van der Waals surface area contributed by atoms with Crippen LogP contribution < -0.4 is 11.1 Å². The Hall–Kier alpha value is -0.550. The molecule has 3 N–H and O–H groups in total. The lowest BCUT2D eigenvalue weighted by molar-refractivity contribution is 0.220. The summed E-state index contributed by atoms with van der Waals surface area (Å²) in [6, 6.07) is 9.01. The average Bonchev–Trinajstić information content (AvgIpc) is 2.38. The minimum atomic E-state index is 0.0775. The highest BCUT2D eigenvalue weighted by atomic mass is 32.2. The second kappa shape index (κ2) is 5.87. The predicted octanol–water partition coefficient (Wildman–Crippen LogP) is 1.31. The molecule has 4 heteroatoms. The van der Waals surface area contributed by atoms with Crippen molar-refractivity contribution in [3.8, 4) is 0 Å². The van der Waals surface area contributed by atoms with Gasteiger partial charge in [0.1, 0.15) is 0 Å². The highest BCUT2D eigenvalue weighted by Gasteiger charge is 2.23. The molecule has 2 atom stereocenters. The summed E-state index contributed by atoms with van der Waals surface area (Å²) < 4.78 is 0. The molecule has 1 saturated heterocycles. The molecular weight excluding hydrogens is 230 g/mol. The van der Waals surface area contributed by atoms with E-state index in [0.29, 0.717) is 6.04 Å². The molecule has 3 nitrogen and oxygen atoms in total. The number of likely N-dealkylation sites (N-methyl/N-ethyl adjacent to an activating group) is 1. The topological polar surface area (TPSA) is 41.3 Å². The zero-order valence-corrected chi connectivity index (χ0v) is 11.3. The van der Waals surface area contributed by atoms with Crippen molar-refractivity contribution in [1.82, 2.24) is 10.2 Å². The molecule has 1 aromatic rings. The van der Waals surface area contributed by atoms with Crippen LogP contribution in [0.25, 0.3) is 0 Å². The van der Waals surface area contributed by atoms with Gasteiger partial charge in [-0.15, -0.1) is 11.8 Å². The summed E-state index contributed by atoms with van der Waals surface area (Å²) in [5.74, 6) is 0. The Morgan fingerprint density at radius 3 is 2.71 bits per heavy atom. The minimum Gasteiger partial charge on any atom is -0.323 e. The van der Waals surface area contributed by atoms with Crippen molar-refractivity contribution in [3.05, 3.63) is 29.8 Å². The first-order chi connectivity index (χ1) is 8.20. The van der Waals surface area contributed by atoms with Gasteiger partial charge in [0.25, 0.3) is 0 Å². The van der Waals surface area contributed by atoms with E-state index < -0.39 is 0 Å². The molecule has 1 aromatic carbocycles. The molecule has 17 heavy (non-hydrogen) atoms. The molecule has 0 radical (unpaired) electrons. The van der Waals surface area contributed by atoms with Gasteiger partial charge in [0, 0.05) is 36.6 Å². The van der Waals surface area contributed by atoms with E-state index in [-0.39, 0.29) is 6.04 Å². The lowest BCUT2D eigenvalue weighted by atomic mass is 9.98. The fraction of sp³-hybridized carbons (Fsp3) is 0.538. The van der Waals surface area contributed by atoms with Crippen LogP contribution in [0.3, 0.4) is 0 Å². The summed E-state index contributed by atoms with van der Waals surface area (Å²) >= 11 is 1.76. The molecule has 1 aliphatic rings. The van der Waals surface area contributed by atoms with Crippen molar-refractivity contribution >= 4 is 11.8 Å². The van der Waals surface area contributed by atoms with Crippen molar-refractivity contribution in [2.75, 3.05) is 32.9 Å². The van der Waals surface area contributed by atoms with Crippen LogP contribution in [-0.2, 0) is 0 Å². The lowest BCUT2D eigenvalue weighted by Gasteiger charge is -2.34. The molecule has 1 fully saturated rings. The van der Waals surface area contributed by atoms with Gasteiger partial charge in [-0.1, -0.05) is 12.1 Å². The molecule has 0 bridgehead atoms. The normalized spacial score (nSPS) is 23.6. The zero-order valence-electron chi connectivity index (χ0n) is 10.5. The molecule has 94 valence electrons. The van der Waals surface area contributed by atoms with E-state index in [0.717, 1.165) is 19.6 Å². The van der Waals surface area contributed by atoms with E-state index in [1.165, 1.54) is 10.5 Å². The summed E-state index contributed by atoms with van der Waals surface area (Å²) in [5, 5.41) is 3.50. The van der Waals surface area contributed by atoms with Crippen LogP contribution >= 0.6 is 11.8 Å². The highest BCUT2D eigenvalue weighted by Crippen LogP contribution is 2.20. The molecule has 0 amide bonds. The van der Waals surface area contributed by atoms with Crippen LogP contribution in [0.1, 0.15) is 11.6 Å². The first kappa shape index (κ1) is 12.9. The van der Waals surface area contributed by atoms with E-state index >= 15 is 0 Å². The summed E-state index contributed by atoms with van der Waals surface area (Å²) in [7, 11) is 2.15. The van der Waals surface area contributed by atoms with Crippen LogP contribution in [0.5, 0.6) is 0 Å². The number of thioether (sulfide) groups is 1. The Morgan fingerprint density at radius 2 is 2.12 bits per heavy atom. The predicted molar refractivity (Wildman–Crippen MR) is 74.4 cm³/mol. The van der Waals surface area contributed by atoms with Crippen LogP contribution in [-0.4, -0.2) is 43.9 Å². The van der Waals surface area contributed by atoms with Crippen molar-refractivity contribution in [3.63, 3.8) is 0 Å². The summed E-state index contributed by atoms with van der Waals surface area (Å²) in [6.45, 7) is 3.15. The molecule has 2 unspecified atom stereocenters. The average molecular weight is 251 g/mol. The largest absolute Gasteiger partial charge is 0.323 e. The molecule has 0 spiro atoms. The number of hydrogen-bond acceptors (Lipinski definition) is 4. The fourth-order valence-corrected chi connectivity index (χ4v) is 2.64. The number of nitrogens with two attached hydrogens (primary N) is 1. The highest BCUT2D eigenvalue weighted by molar-refractivity contribution is 7.98. The number of hydrogen-bond donors (Lipinski definition) is 2. The van der Waals surface area contributed by atoms with Crippen molar-refractivity contribution in [2.45, 2.75) is 17.0 Å². The monoisotopic (exact) mass is 251 g/mol. The molecule has 0 aliphatic carbocycles. The summed E-state index contributed by atoms with van der Waals surface area (Å²) in [4.78, 5) is 3.62. The zero-order chi connectivity index (χ0) is 12.3. The van der Waals surface area contributed by atoms with Crippen LogP contribution in [0.2, 0.25) is 0 Å². The molecule has 1 aliphatic heterocycles. The molecule has 0 aromatic heterocycles. The Labute approximate surface area is 108 Å². The number of rotatable bonds is 3.